The van der Waals surface area contributed by atoms with E-state index in [1.165, 1.54) is 238 Å². The first-order valence-corrected chi connectivity index (χ1v) is 49.0. The third-order valence-corrected chi connectivity index (χ3v) is 25.0. The fraction of sp³-hybridized carbons (Fsp3) is 0.600. The average molecular weight is 1610 g/mol. The molecule has 1 aliphatic carbocycles. The molecular formula is C110H160O8. The maximum atomic E-state index is 7.51. The highest BCUT2D eigenvalue weighted by atomic mass is 16.5. The molecule has 0 amide bonds. The lowest BCUT2D eigenvalue weighted by atomic mass is 9.43. The van der Waals surface area contributed by atoms with E-state index in [1.807, 2.05) is 0 Å². The van der Waals surface area contributed by atoms with Crippen LogP contribution >= 0.6 is 0 Å². The molecule has 0 fully saturated rings. The second-order valence-corrected chi connectivity index (χ2v) is 34.5. The number of hydrogen-bond acceptors (Lipinski definition) is 8. The van der Waals surface area contributed by atoms with Crippen LogP contribution in [0.2, 0.25) is 0 Å². The maximum absolute atomic E-state index is 7.51. The van der Waals surface area contributed by atoms with Gasteiger partial charge in [0, 0.05) is 0 Å². The topological polar surface area (TPSA) is 73.8 Å². The average Bonchev–Trinajstić information content (AvgIpc) is 0.653. The first-order chi connectivity index (χ1) is 58.4. The molecular weight excluding hydrogens is 1450 g/mol. The lowest BCUT2D eigenvalue weighted by molar-refractivity contribution is 0.254. The molecule has 1 aliphatic rings. The van der Waals surface area contributed by atoms with Crippen molar-refractivity contribution in [2.24, 2.45) is 0 Å². The number of hydrogen-bond donors (Lipinski definition) is 0. The van der Waals surface area contributed by atoms with Gasteiger partial charge >= 0.3 is 0 Å². The Bertz CT molecular complexity index is 3610. The molecule has 0 radical (unpaired) electrons. The van der Waals surface area contributed by atoms with Gasteiger partial charge < -0.3 is 37.9 Å². The van der Waals surface area contributed by atoms with E-state index >= 15 is 0 Å². The Kier molecular flexibility index (Phi) is 44.5. The number of benzene rings is 8. The highest BCUT2D eigenvalue weighted by molar-refractivity contribution is 6.11. The van der Waals surface area contributed by atoms with E-state index in [0.717, 1.165) is 182 Å². The van der Waals surface area contributed by atoms with Crippen LogP contribution in [0.3, 0.4) is 0 Å². The van der Waals surface area contributed by atoms with Crippen LogP contribution in [0.4, 0.5) is 0 Å². The number of unbranched alkanes of at least 4 members (excludes halogenated alkanes) is 40. The zero-order valence-corrected chi connectivity index (χ0v) is 75.7. The molecule has 648 valence electrons. The minimum Gasteiger partial charge on any atom is -0.490 e. The van der Waals surface area contributed by atoms with Crippen LogP contribution in [-0.4, -0.2) is 52.9 Å². The number of ether oxygens (including phenoxy) is 8. The molecule has 0 saturated heterocycles. The Morgan fingerprint density at radius 3 is 0.576 bits per heavy atom. The molecule has 8 aromatic carbocycles. The van der Waals surface area contributed by atoms with Gasteiger partial charge in [-0.1, -0.05) is 409 Å². The standard InChI is InChI=1S/C110H160O8/c1-9-17-25-33-41-53-77-111-99-73-67-91(85-103(99)115-81-57-45-37-29-21-13-5)109(92-68-74-100(112-78-54-42-34-26-18-10-2)104(86-92)116-82-58-46-38-30-22-14-6)97-71-65-89-61-49-51-63-95(89)107(97)108-96-64-52-50-62-90(96)66-72-98(108)110(109,93-69-75-101(113-79-55-43-35-27-19-11-3)105(87-93)117-83-59-47-39-31-23-15-7)94-70-76-102(114-80-56-44-36-28-20-12-4)106(88-94)118-84-60-48-40-32-24-16-8/h49-52,61-76,85-88H,9-48,53-60,77-84H2,1-8H3. The van der Waals surface area contributed by atoms with Crippen LogP contribution < -0.4 is 37.9 Å². The largest absolute Gasteiger partial charge is 0.490 e. The van der Waals surface area contributed by atoms with Crippen molar-refractivity contribution in [1.82, 2.24) is 0 Å². The summed E-state index contributed by atoms with van der Waals surface area (Å²) in [6, 6.07) is 56.7. The summed E-state index contributed by atoms with van der Waals surface area (Å²) in [5.74, 6) is 6.16. The summed E-state index contributed by atoms with van der Waals surface area (Å²) in [6.07, 6.45) is 55.8. The SMILES string of the molecule is CCCCCCCCOc1ccc(C2(c3ccc(OCCCCCCCC)c(OCCCCCCCC)c3)c3ccc4ccccc4c3-c3c(ccc4ccccc34)C2(c2ccc(OCCCCCCCC)c(OCCCCCCCC)c2)c2ccc(OCCCCCCCC)c(OCCCCCCCC)c2)cc1OCCCCCCCC. The number of rotatable bonds is 68. The zero-order chi connectivity index (χ0) is 82.8. The molecule has 0 aromatic heterocycles. The minimum atomic E-state index is -1.23. The Hall–Kier alpha value is -7.32. The van der Waals surface area contributed by atoms with Crippen molar-refractivity contribution >= 4 is 21.5 Å². The van der Waals surface area contributed by atoms with Gasteiger partial charge in [-0.05, 0) is 166 Å². The molecule has 9 rings (SSSR count). The van der Waals surface area contributed by atoms with Crippen molar-refractivity contribution in [1.29, 1.82) is 0 Å². The number of fused-ring (bicyclic) bond motifs is 7. The van der Waals surface area contributed by atoms with Gasteiger partial charge in [-0.25, -0.2) is 0 Å². The van der Waals surface area contributed by atoms with Crippen molar-refractivity contribution < 1.29 is 37.9 Å². The van der Waals surface area contributed by atoms with Gasteiger partial charge in [0.15, 0.2) is 46.0 Å². The fourth-order valence-electron chi connectivity index (χ4n) is 18.3. The predicted octanol–water partition coefficient (Wildman–Crippen LogP) is 33.3. The van der Waals surface area contributed by atoms with E-state index in [2.05, 4.69) is 201 Å². The molecule has 0 unspecified atom stereocenters. The normalized spacial score (nSPS) is 12.7. The molecule has 0 spiro atoms. The van der Waals surface area contributed by atoms with Crippen LogP contribution in [0.25, 0.3) is 32.7 Å². The summed E-state index contributed by atoms with van der Waals surface area (Å²) in [5.41, 5.74) is 6.51. The summed E-state index contributed by atoms with van der Waals surface area (Å²) in [7, 11) is 0. The van der Waals surface area contributed by atoms with Gasteiger partial charge in [-0.2, -0.15) is 0 Å². The fourth-order valence-corrected chi connectivity index (χ4v) is 18.3. The zero-order valence-electron chi connectivity index (χ0n) is 75.7. The van der Waals surface area contributed by atoms with E-state index in [1.54, 1.807) is 0 Å². The van der Waals surface area contributed by atoms with Crippen LogP contribution in [0, 0.1) is 0 Å². The third kappa shape index (κ3) is 27.6. The molecule has 0 atom stereocenters. The van der Waals surface area contributed by atoms with Crippen LogP contribution in [0.15, 0.2) is 146 Å². The van der Waals surface area contributed by atoms with Crippen molar-refractivity contribution in [3.05, 3.63) is 179 Å². The Morgan fingerprint density at radius 1 is 0.178 bits per heavy atom. The van der Waals surface area contributed by atoms with Crippen LogP contribution in [0.1, 0.15) is 397 Å². The molecule has 8 aromatic rings. The maximum Gasteiger partial charge on any atom is 0.161 e. The van der Waals surface area contributed by atoms with Crippen molar-refractivity contribution in [3.63, 3.8) is 0 Å². The highest BCUT2D eigenvalue weighted by Crippen LogP contribution is 2.69. The summed E-state index contributed by atoms with van der Waals surface area (Å²) in [4.78, 5) is 0. The van der Waals surface area contributed by atoms with Crippen LogP contribution in [0.5, 0.6) is 46.0 Å². The van der Waals surface area contributed by atoms with Gasteiger partial charge in [-0.15, -0.1) is 0 Å². The highest BCUT2D eigenvalue weighted by Gasteiger charge is 2.63. The van der Waals surface area contributed by atoms with E-state index in [0.29, 0.717) is 52.9 Å². The predicted molar refractivity (Wildman–Crippen MR) is 503 cm³/mol. The molecule has 0 bridgehead atoms. The summed E-state index contributed by atoms with van der Waals surface area (Å²) in [6.45, 7) is 23.1. The van der Waals surface area contributed by atoms with Gasteiger partial charge in [0.2, 0.25) is 0 Å². The second-order valence-electron chi connectivity index (χ2n) is 34.5. The Morgan fingerprint density at radius 2 is 0.364 bits per heavy atom. The molecule has 0 aliphatic heterocycles. The van der Waals surface area contributed by atoms with Gasteiger partial charge in [-0.3, -0.25) is 0 Å². The van der Waals surface area contributed by atoms with Gasteiger partial charge in [0.05, 0.1) is 63.7 Å². The molecule has 118 heavy (non-hydrogen) atoms. The first-order valence-electron chi connectivity index (χ1n) is 49.0. The molecule has 8 nitrogen and oxygen atoms in total. The molecule has 0 heterocycles. The van der Waals surface area contributed by atoms with E-state index in [4.69, 9.17) is 37.9 Å². The molecule has 0 N–H and O–H groups in total. The summed E-state index contributed by atoms with van der Waals surface area (Å²) >= 11 is 0. The van der Waals surface area contributed by atoms with E-state index < -0.39 is 10.8 Å². The van der Waals surface area contributed by atoms with Gasteiger partial charge in [0.1, 0.15) is 0 Å². The first kappa shape index (κ1) is 94.5. The molecule has 8 heteroatoms. The Balaban J connectivity index is 1.46. The summed E-state index contributed by atoms with van der Waals surface area (Å²) in [5, 5.41) is 4.74. The monoisotopic (exact) mass is 1610 g/mol. The second kappa shape index (κ2) is 55.6. The third-order valence-electron chi connectivity index (χ3n) is 25.0. The van der Waals surface area contributed by atoms with Crippen molar-refractivity contribution in [2.75, 3.05) is 52.9 Å². The smallest absolute Gasteiger partial charge is 0.161 e. The van der Waals surface area contributed by atoms with Crippen molar-refractivity contribution in [2.45, 2.75) is 374 Å². The lowest BCUT2D eigenvalue weighted by Gasteiger charge is -2.57. The van der Waals surface area contributed by atoms with E-state index in [-0.39, 0.29) is 0 Å². The Labute approximate surface area is 718 Å². The minimum absolute atomic E-state index is 0.567. The lowest BCUT2D eigenvalue weighted by Crippen LogP contribution is -2.55. The van der Waals surface area contributed by atoms with Gasteiger partial charge in [0.25, 0.3) is 0 Å². The molecule has 0 saturated carbocycles. The summed E-state index contributed by atoms with van der Waals surface area (Å²) < 4.78 is 58.8. The van der Waals surface area contributed by atoms with Crippen LogP contribution in [-0.2, 0) is 10.8 Å². The van der Waals surface area contributed by atoms with E-state index in [9.17, 15) is 0 Å². The van der Waals surface area contributed by atoms with Crippen molar-refractivity contribution in [3.8, 4) is 57.1 Å². The quantitative estimate of drug-likeness (QED) is 0.0349.